The maximum absolute atomic E-state index is 13.5. The Hall–Kier alpha value is -2.63. The van der Waals surface area contributed by atoms with Crippen LogP contribution in [-0.4, -0.2) is 6.03 Å². The molecule has 0 radical (unpaired) electrons. The van der Waals surface area contributed by atoms with Crippen molar-refractivity contribution in [1.29, 1.82) is 0 Å². The highest BCUT2D eigenvalue weighted by Gasteiger charge is 2.12. The third-order valence-corrected chi connectivity index (χ3v) is 3.19. The molecule has 2 rings (SSSR count). The van der Waals surface area contributed by atoms with Gasteiger partial charge in [-0.1, -0.05) is 6.07 Å². The van der Waals surface area contributed by atoms with Crippen molar-refractivity contribution in [1.82, 2.24) is 0 Å². The lowest BCUT2D eigenvalue weighted by Gasteiger charge is -2.14. The van der Waals surface area contributed by atoms with Gasteiger partial charge in [0.2, 0.25) is 0 Å². The monoisotopic (exact) mass is 291 g/mol. The molecule has 2 amide bonds. The summed E-state index contributed by atoms with van der Waals surface area (Å²) in [5, 5.41) is 4.89. The number of nitrogens with one attached hydrogen (secondary N) is 2. The highest BCUT2D eigenvalue weighted by atomic mass is 19.1. The highest BCUT2D eigenvalue weighted by molar-refractivity contribution is 6.02. The predicted molar refractivity (Wildman–Crippen MR) is 79.3 cm³/mol. The molecule has 0 fully saturated rings. The number of nitrogens with two attached hydrogens (primary N) is 1. The van der Waals surface area contributed by atoms with E-state index in [-0.39, 0.29) is 5.69 Å². The lowest BCUT2D eigenvalue weighted by molar-refractivity contribution is 0.262. The van der Waals surface area contributed by atoms with Crippen molar-refractivity contribution in [2.45, 2.75) is 13.8 Å². The summed E-state index contributed by atoms with van der Waals surface area (Å²) in [5.74, 6) is -1.56. The van der Waals surface area contributed by atoms with Crippen molar-refractivity contribution in [3.8, 4) is 0 Å². The molecule has 6 heteroatoms. The number of nitrogen functional groups attached to an aromatic ring is 1. The average Bonchev–Trinajstić information content (AvgIpc) is 2.42. The van der Waals surface area contributed by atoms with Crippen molar-refractivity contribution in [3.63, 3.8) is 0 Å². The lowest BCUT2D eigenvalue weighted by Crippen LogP contribution is -2.21. The molecule has 0 bridgehead atoms. The highest BCUT2D eigenvalue weighted by Crippen LogP contribution is 2.26. The van der Waals surface area contributed by atoms with E-state index in [1.807, 2.05) is 19.9 Å². The van der Waals surface area contributed by atoms with E-state index in [0.717, 1.165) is 23.3 Å². The number of aryl methyl sites for hydroxylation is 1. The largest absolute Gasteiger partial charge is 0.397 e. The number of rotatable bonds is 2. The van der Waals surface area contributed by atoms with E-state index in [9.17, 15) is 13.6 Å². The van der Waals surface area contributed by atoms with Crippen molar-refractivity contribution < 1.29 is 13.6 Å². The normalized spacial score (nSPS) is 10.3. The molecule has 4 nitrogen and oxygen atoms in total. The number of urea groups is 1. The first-order valence-corrected chi connectivity index (χ1v) is 6.27. The Morgan fingerprint density at radius 3 is 2.48 bits per heavy atom. The van der Waals surface area contributed by atoms with Gasteiger partial charge in [0.15, 0.2) is 0 Å². The molecule has 0 saturated heterocycles. The third-order valence-electron chi connectivity index (χ3n) is 3.19. The van der Waals surface area contributed by atoms with Crippen LogP contribution >= 0.6 is 0 Å². The van der Waals surface area contributed by atoms with Crippen LogP contribution < -0.4 is 16.4 Å². The zero-order chi connectivity index (χ0) is 15.6. The first-order valence-electron chi connectivity index (χ1n) is 6.27. The summed E-state index contributed by atoms with van der Waals surface area (Å²) in [5.41, 5.74) is 8.37. The standard InChI is InChI=1S/C15H15F2N3O/c1-8-3-5-12(18)14(9(8)2)20-15(21)19-13-6-4-10(16)7-11(13)17/h3-7H,18H2,1-2H3,(H2,19,20,21). The molecule has 4 N–H and O–H groups in total. The van der Waals surface area contributed by atoms with Crippen molar-refractivity contribution in [2.75, 3.05) is 16.4 Å². The Balaban J connectivity index is 2.17. The van der Waals surface area contributed by atoms with Gasteiger partial charge in [-0.05, 0) is 43.2 Å². The quantitative estimate of drug-likeness (QED) is 0.736. The number of anilines is 3. The van der Waals surface area contributed by atoms with Gasteiger partial charge in [-0.15, -0.1) is 0 Å². The third kappa shape index (κ3) is 3.28. The SMILES string of the molecule is Cc1ccc(N)c(NC(=O)Nc2ccc(F)cc2F)c1C. The van der Waals surface area contributed by atoms with E-state index in [0.29, 0.717) is 17.4 Å². The van der Waals surface area contributed by atoms with Crippen LogP contribution in [0.5, 0.6) is 0 Å². The van der Waals surface area contributed by atoms with Crippen LogP contribution in [0.1, 0.15) is 11.1 Å². The zero-order valence-corrected chi connectivity index (χ0v) is 11.6. The Kier molecular flexibility index (Phi) is 4.07. The van der Waals surface area contributed by atoms with Crippen LogP contribution in [0, 0.1) is 25.5 Å². The molecule has 0 aliphatic heterocycles. The second-order valence-corrected chi connectivity index (χ2v) is 4.67. The number of amides is 2. The Labute approximate surface area is 121 Å². The van der Waals surface area contributed by atoms with Gasteiger partial charge in [0.05, 0.1) is 17.1 Å². The molecule has 0 atom stereocenters. The van der Waals surface area contributed by atoms with E-state index >= 15 is 0 Å². The summed E-state index contributed by atoms with van der Waals surface area (Å²) in [6, 6.07) is 5.77. The smallest absolute Gasteiger partial charge is 0.323 e. The van der Waals surface area contributed by atoms with Gasteiger partial charge in [0.1, 0.15) is 11.6 Å². The minimum Gasteiger partial charge on any atom is -0.397 e. The van der Waals surface area contributed by atoms with E-state index in [1.165, 1.54) is 0 Å². The van der Waals surface area contributed by atoms with Gasteiger partial charge >= 0.3 is 6.03 Å². The van der Waals surface area contributed by atoms with Crippen LogP contribution in [0.4, 0.5) is 30.6 Å². The maximum atomic E-state index is 13.5. The van der Waals surface area contributed by atoms with Gasteiger partial charge in [0, 0.05) is 6.07 Å². The van der Waals surface area contributed by atoms with Gasteiger partial charge in [-0.2, -0.15) is 0 Å². The molecule has 0 spiro atoms. The number of hydrogen-bond acceptors (Lipinski definition) is 2. The van der Waals surface area contributed by atoms with Crippen LogP contribution in [0.3, 0.4) is 0 Å². The molecule has 110 valence electrons. The number of benzene rings is 2. The minimum absolute atomic E-state index is 0.113. The van der Waals surface area contributed by atoms with Crippen molar-refractivity contribution in [2.24, 2.45) is 0 Å². The van der Waals surface area contributed by atoms with Crippen LogP contribution in [0.2, 0.25) is 0 Å². The summed E-state index contributed by atoms with van der Waals surface area (Å²) in [6.45, 7) is 3.71. The molecule has 2 aromatic rings. The number of carbonyl (C=O) groups excluding carboxylic acids is 1. The van der Waals surface area contributed by atoms with Crippen LogP contribution in [0.25, 0.3) is 0 Å². The Morgan fingerprint density at radius 2 is 1.81 bits per heavy atom. The number of carbonyl (C=O) groups is 1. The Bertz CT molecular complexity index is 702. The van der Waals surface area contributed by atoms with E-state index in [1.54, 1.807) is 6.07 Å². The summed E-state index contributed by atoms with van der Waals surface area (Å²) < 4.78 is 26.3. The summed E-state index contributed by atoms with van der Waals surface area (Å²) in [4.78, 5) is 11.9. The molecule has 2 aromatic carbocycles. The average molecular weight is 291 g/mol. The fourth-order valence-corrected chi connectivity index (χ4v) is 1.86. The predicted octanol–water partition coefficient (Wildman–Crippen LogP) is 3.81. The second kappa shape index (κ2) is 5.78. The molecular formula is C15H15F2N3O. The van der Waals surface area contributed by atoms with Gasteiger partial charge < -0.3 is 16.4 Å². The topological polar surface area (TPSA) is 67.1 Å². The van der Waals surface area contributed by atoms with Gasteiger partial charge in [-0.25, -0.2) is 13.6 Å². The molecule has 0 unspecified atom stereocenters. The second-order valence-electron chi connectivity index (χ2n) is 4.67. The molecular weight excluding hydrogens is 276 g/mol. The fourth-order valence-electron chi connectivity index (χ4n) is 1.86. The van der Waals surface area contributed by atoms with E-state index in [2.05, 4.69) is 10.6 Å². The summed E-state index contributed by atoms with van der Waals surface area (Å²) in [6.07, 6.45) is 0. The molecule has 0 saturated carbocycles. The maximum Gasteiger partial charge on any atom is 0.323 e. The number of hydrogen-bond donors (Lipinski definition) is 3. The summed E-state index contributed by atoms with van der Waals surface area (Å²) >= 11 is 0. The van der Waals surface area contributed by atoms with Gasteiger partial charge in [-0.3, -0.25) is 0 Å². The molecule has 0 aliphatic rings. The first-order chi connectivity index (χ1) is 9.88. The van der Waals surface area contributed by atoms with Crippen molar-refractivity contribution >= 4 is 23.1 Å². The number of halogens is 2. The molecule has 0 aromatic heterocycles. The fraction of sp³-hybridized carbons (Fsp3) is 0.133. The molecule has 0 heterocycles. The summed E-state index contributed by atoms with van der Waals surface area (Å²) in [7, 11) is 0. The van der Waals surface area contributed by atoms with Crippen LogP contribution in [0.15, 0.2) is 30.3 Å². The first kappa shape index (κ1) is 14.8. The van der Waals surface area contributed by atoms with Gasteiger partial charge in [0.25, 0.3) is 0 Å². The lowest BCUT2D eigenvalue weighted by atomic mass is 10.1. The van der Waals surface area contributed by atoms with Crippen LogP contribution in [-0.2, 0) is 0 Å². The van der Waals surface area contributed by atoms with E-state index < -0.39 is 17.7 Å². The zero-order valence-electron chi connectivity index (χ0n) is 11.6. The van der Waals surface area contributed by atoms with E-state index in [4.69, 9.17) is 5.73 Å². The Morgan fingerprint density at radius 1 is 1.10 bits per heavy atom. The minimum atomic E-state index is -0.848. The molecule has 0 aliphatic carbocycles. The van der Waals surface area contributed by atoms with Crippen molar-refractivity contribution in [3.05, 3.63) is 53.1 Å². The molecule has 21 heavy (non-hydrogen) atoms.